The zero-order chi connectivity index (χ0) is 14.3. The van der Waals surface area contributed by atoms with Crippen molar-refractivity contribution in [2.75, 3.05) is 18.0 Å². The molecule has 1 fully saturated rings. The molecule has 3 nitrogen and oxygen atoms in total. The van der Waals surface area contributed by atoms with Gasteiger partial charge in [0.2, 0.25) is 0 Å². The van der Waals surface area contributed by atoms with Crippen molar-refractivity contribution in [2.45, 2.75) is 52.7 Å². The van der Waals surface area contributed by atoms with Gasteiger partial charge in [0.05, 0.1) is 11.2 Å². The Hall–Kier alpha value is -0.515. The molecule has 1 aliphatic rings. The van der Waals surface area contributed by atoms with Gasteiger partial charge in [-0.15, -0.1) is 0 Å². The number of rotatable bonds is 4. The molecule has 0 spiro atoms. The molecule has 0 aromatic carbocycles. The summed E-state index contributed by atoms with van der Waals surface area (Å²) in [6.07, 6.45) is 0. The highest BCUT2D eigenvalue weighted by molar-refractivity contribution is 7.21. The lowest BCUT2D eigenvalue weighted by Gasteiger charge is -2.32. The first-order chi connectivity index (χ1) is 8.80. The highest BCUT2D eigenvalue weighted by Crippen LogP contribution is 2.37. The molecule has 0 amide bonds. The molecule has 1 saturated heterocycles. The van der Waals surface area contributed by atoms with Gasteiger partial charge in [0, 0.05) is 28.9 Å². The lowest BCUT2D eigenvalue weighted by Crippen LogP contribution is -2.41. The number of anilines is 1. The maximum Gasteiger partial charge on any atom is 0.505 e. The van der Waals surface area contributed by atoms with E-state index in [-0.39, 0.29) is 18.3 Å². The van der Waals surface area contributed by atoms with Crippen molar-refractivity contribution in [1.82, 2.24) is 0 Å². The highest BCUT2D eigenvalue weighted by atomic mass is 32.1. The third kappa shape index (κ3) is 2.69. The van der Waals surface area contributed by atoms with Gasteiger partial charge in [-0.2, -0.15) is 11.3 Å². The number of thiophene rings is 1. The summed E-state index contributed by atoms with van der Waals surface area (Å²) in [6, 6.07) is 2.19. The summed E-state index contributed by atoms with van der Waals surface area (Å²) in [6.45, 7) is 14.8. The molecule has 1 aliphatic heterocycles. The third-order valence-electron chi connectivity index (χ3n) is 4.22. The lowest BCUT2D eigenvalue weighted by molar-refractivity contribution is 0.00578. The molecule has 5 heteroatoms. The standard InChI is InChI=1S/C14H24BNO2S/c1-7-16(8-2)11-9-12(19-10-11)15-17-13(3,4)14(5,6)18-15/h9-10H,7-8H2,1-6H3. The van der Waals surface area contributed by atoms with Gasteiger partial charge >= 0.3 is 7.12 Å². The molecule has 2 rings (SSSR count). The zero-order valence-electron chi connectivity index (χ0n) is 12.8. The van der Waals surface area contributed by atoms with Gasteiger partial charge in [0.1, 0.15) is 0 Å². The molecule has 19 heavy (non-hydrogen) atoms. The predicted molar refractivity (Wildman–Crippen MR) is 83.6 cm³/mol. The topological polar surface area (TPSA) is 21.7 Å². The minimum Gasteiger partial charge on any atom is -0.399 e. The third-order valence-corrected chi connectivity index (χ3v) is 5.16. The van der Waals surface area contributed by atoms with Gasteiger partial charge in [-0.25, -0.2) is 0 Å². The molecule has 106 valence electrons. The number of hydrogen-bond donors (Lipinski definition) is 0. The van der Waals surface area contributed by atoms with Gasteiger partial charge in [-0.1, -0.05) is 0 Å². The van der Waals surface area contributed by atoms with Crippen molar-refractivity contribution in [1.29, 1.82) is 0 Å². The Kier molecular flexibility index (Phi) is 4.01. The quantitative estimate of drug-likeness (QED) is 0.792. The summed E-state index contributed by atoms with van der Waals surface area (Å²) in [7, 11) is -0.237. The van der Waals surface area contributed by atoms with Crippen LogP contribution in [0.4, 0.5) is 5.69 Å². The molecule has 0 atom stereocenters. The van der Waals surface area contributed by atoms with E-state index in [1.165, 1.54) is 5.69 Å². The first-order valence-corrected chi connectivity index (χ1v) is 7.87. The minimum atomic E-state index is -0.267. The van der Waals surface area contributed by atoms with Gasteiger partial charge < -0.3 is 14.2 Å². The van der Waals surface area contributed by atoms with Crippen LogP contribution in [0.1, 0.15) is 41.5 Å². The van der Waals surface area contributed by atoms with Crippen LogP contribution in [0.25, 0.3) is 0 Å². The van der Waals surface area contributed by atoms with Crippen molar-refractivity contribution in [3.8, 4) is 0 Å². The molecular weight excluding hydrogens is 257 g/mol. The van der Waals surface area contributed by atoms with Gasteiger partial charge in [-0.05, 0) is 47.6 Å². The molecule has 0 bridgehead atoms. The summed E-state index contributed by atoms with van der Waals surface area (Å²) in [5.41, 5.74) is 0.730. The number of nitrogens with zero attached hydrogens (tertiary/aromatic N) is 1. The molecule has 0 radical (unpaired) electrons. The predicted octanol–water partition coefficient (Wildman–Crippen LogP) is 2.89. The molecule has 1 aromatic heterocycles. The molecule has 2 heterocycles. The van der Waals surface area contributed by atoms with Crippen molar-refractivity contribution >= 4 is 28.9 Å². The van der Waals surface area contributed by atoms with E-state index >= 15 is 0 Å². The van der Waals surface area contributed by atoms with Crippen LogP contribution < -0.4 is 9.68 Å². The summed E-state index contributed by atoms with van der Waals surface area (Å²) in [5.74, 6) is 0. The van der Waals surface area contributed by atoms with Gasteiger partial charge in [0.25, 0.3) is 0 Å². The van der Waals surface area contributed by atoms with Crippen LogP contribution >= 0.6 is 11.3 Å². The SMILES string of the molecule is CCN(CC)c1csc(B2OC(C)(C)C(C)(C)O2)c1. The second kappa shape index (κ2) is 5.11. The van der Waals surface area contributed by atoms with Crippen LogP contribution in [-0.2, 0) is 9.31 Å². The van der Waals surface area contributed by atoms with Crippen LogP contribution in [0, 0.1) is 0 Å². The van der Waals surface area contributed by atoms with Gasteiger partial charge in [-0.3, -0.25) is 0 Å². The Bertz CT molecular complexity index is 424. The second-order valence-electron chi connectivity index (χ2n) is 5.97. The first kappa shape index (κ1) is 14.9. The lowest BCUT2D eigenvalue weighted by atomic mass is 9.88. The van der Waals surface area contributed by atoms with Crippen LogP contribution in [0.5, 0.6) is 0 Å². The Labute approximate surface area is 121 Å². The maximum atomic E-state index is 6.08. The first-order valence-electron chi connectivity index (χ1n) is 6.99. The van der Waals surface area contributed by atoms with Crippen molar-refractivity contribution in [3.63, 3.8) is 0 Å². The average Bonchev–Trinajstić information content (AvgIpc) is 2.85. The molecular formula is C14H24BNO2S. The highest BCUT2D eigenvalue weighted by Gasteiger charge is 2.52. The smallest absolute Gasteiger partial charge is 0.399 e. The monoisotopic (exact) mass is 281 g/mol. The minimum absolute atomic E-state index is 0.237. The van der Waals surface area contributed by atoms with Crippen LogP contribution in [0.3, 0.4) is 0 Å². The second-order valence-corrected chi connectivity index (χ2v) is 6.91. The van der Waals surface area contributed by atoms with E-state index in [1.54, 1.807) is 11.3 Å². The normalized spacial score (nSPS) is 20.8. The van der Waals surface area contributed by atoms with Crippen LogP contribution in [0.15, 0.2) is 11.4 Å². The number of hydrogen-bond acceptors (Lipinski definition) is 4. The summed E-state index contributed by atoms with van der Waals surface area (Å²) < 4.78 is 13.3. The Morgan fingerprint density at radius 3 is 2.11 bits per heavy atom. The molecule has 0 saturated carbocycles. The van der Waals surface area contributed by atoms with E-state index < -0.39 is 0 Å². The van der Waals surface area contributed by atoms with Crippen molar-refractivity contribution < 1.29 is 9.31 Å². The fourth-order valence-electron chi connectivity index (χ4n) is 2.18. The van der Waals surface area contributed by atoms with E-state index in [0.29, 0.717) is 0 Å². The average molecular weight is 281 g/mol. The van der Waals surface area contributed by atoms with E-state index in [0.717, 1.165) is 17.9 Å². The van der Waals surface area contributed by atoms with E-state index in [1.807, 2.05) is 0 Å². The Balaban J connectivity index is 2.17. The summed E-state index contributed by atoms with van der Waals surface area (Å²) in [5, 5.41) is 2.19. The molecule has 0 unspecified atom stereocenters. The maximum absolute atomic E-state index is 6.08. The molecule has 1 aromatic rings. The van der Waals surface area contributed by atoms with E-state index in [9.17, 15) is 0 Å². The summed E-state index contributed by atoms with van der Waals surface area (Å²) >= 11 is 1.72. The van der Waals surface area contributed by atoms with Crippen LogP contribution in [0.2, 0.25) is 0 Å². The van der Waals surface area contributed by atoms with Gasteiger partial charge in [0.15, 0.2) is 0 Å². The Morgan fingerprint density at radius 1 is 1.11 bits per heavy atom. The summed E-state index contributed by atoms with van der Waals surface area (Å²) in [4.78, 5) is 2.34. The van der Waals surface area contributed by atoms with Crippen molar-refractivity contribution in [2.24, 2.45) is 0 Å². The molecule has 0 N–H and O–H groups in total. The van der Waals surface area contributed by atoms with Crippen molar-refractivity contribution in [3.05, 3.63) is 11.4 Å². The van der Waals surface area contributed by atoms with E-state index in [4.69, 9.17) is 9.31 Å². The van der Waals surface area contributed by atoms with E-state index in [2.05, 4.69) is 57.9 Å². The molecule has 0 aliphatic carbocycles. The zero-order valence-corrected chi connectivity index (χ0v) is 13.6. The fourth-order valence-corrected chi connectivity index (χ4v) is 3.05. The van der Waals surface area contributed by atoms with Crippen LogP contribution in [-0.4, -0.2) is 31.4 Å². The Morgan fingerprint density at radius 2 is 1.63 bits per heavy atom. The largest absolute Gasteiger partial charge is 0.505 e. The fraction of sp³-hybridized carbons (Fsp3) is 0.714.